The Morgan fingerprint density at radius 1 is 1.11 bits per heavy atom. The molecule has 0 aliphatic carbocycles. The first-order valence-electron chi connectivity index (χ1n) is 11.2. The summed E-state index contributed by atoms with van der Waals surface area (Å²) in [5, 5.41) is 0.871. The number of likely N-dealkylation sites (N-methyl/N-ethyl adjacent to an activating group) is 1. The van der Waals surface area contributed by atoms with Gasteiger partial charge in [-0.2, -0.15) is 0 Å². The Balaban J connectivity index is 1.55. The number of carbonyl (C=O) groups is 1. The maximum Gasteiger partial charge on any atom is 0.275 e. The lowest BCUT2D eigenvalue weighted by atomic mass is 10.0. The van der Waals surface area contributed by atoms with E-state index in [-0.39, 0.29) is 23.6 Å². The van der Waals surface area contributed by atoms with E-state index in [1.165, 1.54) is 12.3 Å². The van der Waals surface area contributed by atoms with Crippen LogP contribution in [-0.4, -0.2) is 55.2 Å². The van der Waals surface area contributed by atoms with E-state index >= 15 is 4.39 Å². The molecule has 1 unspecified atom stereocenters. The molecule has 2 N–H and O–H groups in total. The summed E-state index contributed by atoms with van der Waals surface area (Å²) in [6, 6.07) is 5.76. The molecule has 2 aromatic carbocycles. The average molecular weight is 520 g/mol. The molecule has 3 heterocycles. The summed E-state index contributed by atoms with van der Waals surface area (Å²) in [5.74, 6) is -0.863. The number of hydrogen-bond donors (Lipinski definition) is 2. The second-order valence-electron chi connectivity index (χ2n) is 8.90. The van der Waals surface area contributed by atoms with Gasteiger partial charge in [0.2, 0.25) is 5.43 Å². The van der Waals surface area contributed by atoms with Gasteiger partial charge in [0, 0.05) is 42.4 Å². The van der Waals surface area contributed by atoms with Crippen LogP contribution in [0.2, 0.25) is 10.0 Å². The molecule has 1 atom stereocenters. The minimum Gasteiger partial charge on any atom is -0.487 e. The zero-order valence-corrected chi connectivity index (χ0v) is 20.7. The Kier molecular flexibility index (Phi) is 6.25. The van der Waals surface area contributed by atoms with Gasteiger partial charge >= 0.3 is 0 Å². The lowest BCUT2D eigenvalue weighted by molar-refractivity contribution is 0.0960. The smallest absolute Gasteiger partial charge is 0.275 e. The van der Waals surface area contributed by atoms with Crippen LogP contribution in [0.4, 0.5) is 15.8 Å². The van der Waals surface area contributed by atoms with Crippen molar-refractivity contribution in [1.82, 2.24) is 14.9 Å². The first kappa shape index (κ1) is 23.7. The Morgan fingerprint density at radius 3 is 2.49 bits per heavy atom. The minimum absolute atomic E-state index is 0.0976. The Labute approximate surface area is 211 Å². The zero-order chi connectivity index (χ0) is 24.9. The van der Waals surface area contributed by atoms with E-state index in [1.807, 2.05) is 23.4 Å². The van der Waals surface area contributed by atoms with Crippen LogP contribution in [-0.2, 0) is 0 Å². The number of benzene rings is 2. The predicted molar refractivity (Wildman–Crippen MR) is 136 cm³/mol. The van der Waals surface area contributed by atoms with Crippen molar-refractivity contribution in [3.8, 4) is 5.75 Å². The van der Waals surface area contributed by atoms with Crippen molar-refractivity contribution in [2.24, 2.45) is 0 Å². The number of halogens is 3. The van der Waals surface area contributed by atoms with Crippen molar-refractivity contribution >= 4 is 51.4 Å². The van der Waals surface area contributed by atoms with Crippen LogP contribution >= 0.6 is 23.2 Å². The molecule has 1 fully saturated rings. The van der Waals surface area contributed by atoms with Gasteiger partial charge in [-0.3, -0.25) is 20.4 Å². The van der Waals surface area contributed by atoms with Gasteiger partial charge < -0.3 is 19.1 Å². The van der Waals surface area contributed by atoms with E-state index in [4.69, 9.17) is 27.9 Å². The number of ether oxygens (including phenoxy) is 1. The van der Waals surface area contributed by atoms with Crippen molar-refractivity contribution in [2.75, 3.05) is 50.2 Å². The number of pyridine rings is 1. The van der Waals surface area contributed by atoms with Crippen LogP contribution in [0.3, 0.4) is 0 Å². The van der Waals surface area contributed by atoms with Gasteiger partial charge in [0.25, 0.3) is 5.91 Å². The highest BCUT2D eigenvalue weighted by Crippen LogP contribution is 2.42. The SMILES string of the molecule is CC1COc2c(N3CCN(C)CC3)c(F)cc3c(=O)c(C(=O)NNc4cc(Cl)cc(Cl)c4)cn1c23. The third-order valence-electron chi connectivity index (χ3n) is 6.39. The minimum atomic E-state index is -0.666. The van der Waals surface area contributed by atoms with Crippen molar-refractivity contribution in [3.63, 3.8) is 0 Å². The maximum atomic E-state index is 15.4. The first-order chi connectivity index (χ1) is 16.7. The molecule has 2 aliphatic heterocycles. The highest BCUT2D eigenvalue weighted by molar-refractivity contribution is 6.35. The van der Waals surface area contributed by atoms with Crippen LogP contribution in [0.25, 0.3) is 10.9 Å². The molecule has 1 amide bonds. The molecule has 2 aliphatic rings. The fraction of sp³-hybridized carbons (Fsp3) is 0.333. The number of hydrogen-bond acceptors (Lipinski definition) is 6. The number of aromatic nitrogens is 1. The number of nitrogens with one attached hydrogen (secondary N) is 2. The molecule has 0 spiro atoms. The van der Waals surface area contributed by atoms with Crippen molar-refractivity contribution in [2.45, 2.75) is 13.0 Å². The summed E-state index contributed by atoms with van der Waals surface area (Å²) in [7, 11) is 2.02. The second-order valence-corrected chi connectivity index (χ2v) is 9.77. The summed E-state index contributed by atoms with van der Waals surface area (Å²) in [5.41, 5.74) is 5.82. The van der Waals surface area contributed by atoms with Gasteiger partial charge in [0.15, 0.2) is 11.6 Å². The van der Waals surface area contributed by atoms with Gasteiger partial charge in [-0.25, -0.2) is 4.39 Å². The largest absolute Gasteiger partial charge is 0.487 e. The molecule has 1 saturated heterocycles. The predicted octanol–water partition coefficient (Wildman–Crippen LogP) is 3.91. The molecule has 5 rings (SSSR count). The summed E-state index contributed by atoms with van der Waals surface area (Å²) < 4.78 is 23.2. The third-order valence-corrected chi connectivity index (χ3v) is 6.83. The molecule has 0 saturated carbocycles. The number of carbonyl (C=O) groups excluding carboxylic acids is 1. The maximum absolute atomic E-state index is 15.4. The van der Waals surface area contributed by atoms with Crippen molar-refractivity contribution in [3.05, 3.63) is 62.1 Å². The Hall–Kier alpha value is -3.01. The lowest BCUT2D eigenvalue weighted by Gasteiger charge is -2.37. The summed E-state index contributed by atoms with van der Waals surface area (Å²) in [4.78, 5) is 30.4. The van der Waals surface area contributed by atoms with Crippen LogP contribution in [0.5, 0.6) is 5.75 Å². The van der Waals surface area contributed by atoms with Gasteiger partial charge in [-0.05, 0) is 38.2 Å². The molecule has 184 valence electrons. The van der Waals surface area contributed by atoms with Crippen LogP contribution in [0.1, 0.15) is 23.3 Å². The second kappa shape index (κ2) is 9.22. The van der Waals surface area contributed by atoms with Gasteiger partial charge in [0.1, 0.15) is 17.9 Å². The quantitative estimate of drug-likeness (QED) is 0.508. The Morgan fingerprint density at radius 2 is 1.80 bits per heavy atom. The lowest BCUT2D eigenvalue weighted by Crippen LogP contribution is -2.45. The van der Waals surface area contributed by atoms with Crippen LogP contribution in [0.15, 0.2) is 35.3 Å². The van der Waals surface area contributed by atoms with Crippen molar-refractivity contribution < 1.29 is 13.9 Å². The molecule has 0 radical (unpaired) electrons. The van der Waals surface area contributed by atoms with Gasteiger partial charge in [-0.15, -0.1) is 0 Å². The number of hydrazine groups is 1. The van der Waals surface area contributed by atoms with E-state index in [9.17, 15) is 9.59 Å². The summed E-state index contributed by atoms with van der Waals surface area (Å²) in [6.07, 6.45) is 1.51. The van der Waals surface area contributed by atoms with Gasteiger partial charge in [0.05, 0.1) is 22.6 Å². The highest BCUT2D eigenvalue weighted by atomic mass is 35.5. The van der Waals surface area contributed by atoms with Gasteiger partial charge in [-0.1, -0.05) is 23.2 Å². The number of rotatable bonds is 4. The number of amides is 1. The molecule has 0 bridgehead atoms. The molecule has 8 nitrogen and oxygen atoms in total. The normalized spacial score (nSPS) is 17.9. The molecular weight excluding hydrogens is 496 g/mol. The molecule has 35 heavy (non-hydrogen) atoms. The molecule has 3 aromatic rings. The molecule has 11 heteroatoms. The van der Waals surface area contributed by atoms with E-state index in [0.29, 0.717) is 45.8 Å². The third kappa shape index (κ3) is 4.39. The number of anilines is 2. The van der Waals surface area contributed by atoms with E-state index in [1.54, 1.807) is 18.2 Å². The summed E-state index contributed by atoms with van der Waals surface area (Å²) >= 11 is 12.0. The monoisotopic (exact) mass is 519 g/mol. The zero-order valence-electron chi connectivity index (χ0n) is 19.2. The van der Waals surface area contributed by atoms with Crippen molar-refractivity contribution in [1.29, 1.82) is 0 Å². The van der Waals surface area contributed by atoms with E-state index in [0.717, 1.165) is 13.1 Å². The fourth-order valence-electron chi connectivity index (χ4n) is 4.52. The molecular formula is C24H24Cl2FN5O3. The van der Waals surface area contributed by atoms with E-state index < -0.39 is 17.2 Å². The fourth-order valence-corrected chi connectivity index (χ4v) is 5.05. The Bertz CT molecular complexity index is 1370. The summed E-state index contributed by atoms with van der Waals surface area (Å²) in [6.45, 7) is 5.09. The first-order valence-corrected chi connectivity index (χ1v) is 12.0. The topological polar surface area (TPSA) is 78.8 Å². The van der Waals surface area contributed by atoms with E-state index in [2.05, 4.69) is 15.8 Å². The molecule has 1 aromatic heterocycles. The highest BCUT2D eigenvalue weighted by Gasteiger charge is 2.31. The standard InChI is InChI=1S/C24H24Cl2FN5O3/c1-13-12-35-23-20-17(10-19(27)21(23)31-5-3-30(2)4-6-31)22(33)18(11-32(13)20)24(34)29-28-16-8-14(25)7-15(26)9-16/h7-11,13,28H,3-6,12H2,1-2H3,(H,29,34). The average Bonchev–Trinajstić information content (AvgIpc) is 2.81. The number of nitrogens with zero attached hydrogens (tertiary/aromatic N) is 3. The number of piperazine rings is 1. The van der Waals surface area contributed by atoms with Crippen LogP contribution < -0.4 is 25.9 Å². The van der Waals surface area contributed by atoms with Crippen LogP contribution in [0, 0.1) is 5.82 Å².